The molecule has 21 heavy (non-hydrogen) atoms. The first-order chi connectivity index (χ1) is 10.1. The van der Waals surface area contributed by atoms with Crippen LogP contribution in [0.2, 0.25) is 0 Å². The summed E-state index contributed by atoms with van der Waals surface area (Å²) in [6.45, 7) is 5.06. The summed E-state index contributed by atoms with van der Waals surface area (Å²) in [6, 6.07) is 7.65. The van der Waals surface area contributed by atoms with E-state index in [1.54, 1.807) is 0 Å². The maximum absolute atomic E-state index is 9.89. The van der Waals surface area contributed by atoms with Crippen molar-refractivity contribution < 1.29 is 14.9 Å². The predicted octanol–water partition coefficient (Wildman–Crippen LogP) is 1.26. The van der Waals surface area contributed by atoms with E-state index in [0.29, 0.717) is 13.0 Å². The van der Waals surface area contributed by atoms with Gasteiger partial charge in [-0.25, -0.2) is 0 Å². The fraction of sp³-hybridized carbons (Fsp3) is 0.529. The fourth-order valence-electron chi connectivity index (χ4n) is 2.38. The molecule has 2 rings (SSSR count). The minimum absolute atomic E-state index is 0.0948. The van der Waals surface area contributed by atoms with E-state index in [0.717, 1.165) is 37.4 Å². The van der Waals surface area contributed by atoms with Gasteiger partial charge in [0.05, 0.1) is 12.2 Å². The third-order valence-electron chi connectivity index (χ3n) is 3.53. The Kier molecular flexibility index (Phi) is 5.63. The second kappa shape index (κ2) is 7.46. The van der Waals surface area contributed by atoms with Crippen LogP contribution in [0.5, 0.6) is 5.75 Å². The average Bonchev–Trinajstić information content (AvgIpc) is 2.80. The third kappa shape index (κ3) is 5.39. The molecule has 1 saturated heterocycles. The Bertz CT molecular complexity index is 499. The second-order valence-corrected chi connectivity index (χ2v) is 5.67. The Labute approximate surface area is 126 Å². The zero-order chi connectivity index (χ0) is 15.1. The van der Waals surface area contributed by atoms with Gasteiger partial charge < -0.3 is 14.9 Å². The van der Waals surface area contributed by atoms with Crippen LogP contribution >= 0.6 is 0 Å². The Morgan fingerprint density at radius 2 is 2.10 bits per heavy atom. The second-order valence-electron chi connectivity index (χ2n) is 5.67. The van der Waals surface area contributed by atoms with Crippen LogP contribution in [-0.2, 0) is 0 Å². The summed E-state index contributed by atoms with van der Waals surface area (Å²) in [5, 5.41) is 18.6. The van der Waals surface area contributed by atoms with Gasteiger partial charge >= 0.3 is 0 Å². The van der Waals surface area contributed by atoms with Crippen molar-refractivity contribution in [3.05, 3.63) is 29.8 Å². The summed E-state index contributed by atoms with van der Waals surface area (Å²) in [5.74, 6) is 6.70. The van der Waals surface area contributed by atoms with Crippen LogP contribution in [0.3, 0.4) is 0 Å². The highest BCUT2D eigenvalue weighted by atomic mass is 16.5. The van der Waals surface area contributed by atoms with E-state index in [1.807, 2.05) is 31.2 Å². The molecule has 114 valence electrons. The SMILES string of the molecule is CC1(O)CCN(CCOc2ccc(C#CCCO)cc2)C1. The summed E-state index contributed by atoms with van der Waals surface area (Å²) < 4.78 is 5.71. The zero-order valence-corrected chi connectivity index (χ0v) is 12.5. The van der Waals surface area contributed by atoms with Gasteiger partial charge in [0.15, 0.2) is 0 Å². The molecule has 1 aliphatic heterocycles. The molecule has 0 bridgehead atoms. The number of hydrogen-bond donors (Lipinski definition) is 2. The summed E-state index contributed by atoms with van der Waals surface area (Å²) in [7, 11) is 0. The van der Waals surface area contributed by atoms with Gasteiger partial charge in [-0.15, -0.1) is 0 Å². The van der Waals surface area contributed by atoms with Gasteiger partial charge in [-0.2, -0.15) is 0 Å². The molecule has 4 nitrogen and oxygen atoms in total. The van der Waals surface area contributed by atoms with Crippen molar-refractivity contribution in [3.63, 3.8) is 0 Å². The van der Waals surface area contributed by atoms with Crippen LogP contribution in [-0.4, -0.2) is 53.6 Å². The highest BCUT2D eigenvalue weighted by Gasteiger charge is 2.30. The lowest BCUT2D eigenvalue weighted by atomic mass is 10.1. The van der Waals surface area contributed by atoms with Crippen molar-refractivity contribution in [2.45, 2.75) is 25.4 Å². The number of aliphatic hydroxyl groups is 2. The molecule has 0 spiro atoms. The normalized spacial score (nSPS) is 21.9. The van der Waals surface area contributed by atoms with Crippen LogP contribution < -0.4 is 4.74 Å². The van der Waals surface area contributed by atoms with Gasteiger partial charge in [0.2, 0.25) is 0 Å². The molecule has 0 aromatic heterocycles. The molecule has 1 fully saturated rings. The first-order valence-electron chi connectivity index (χ1n) is 7.36. The van der Waals surface area contributed by atoms with Crippen molar-refractivity contribution in [2.24, 2.45) is 0 Å². The minimum atomic E-state index is -0.547. The molecule has 1 aromatic carbocycles. The Morgan fingerprint density at radius 1 is 1.33 bits per heavy atom. The maximum atomic E-state index is 9.89. The number of aliphatic hydroxyl groups excluding tert-OH is 1. The molecule has 1 heterocycles. The van der Waals surface area contributed by atoms with Crippen molar-refractivity contribution in [2.75, 3.05) is 32.8 Å². The Balaban J connectivity index is 1.73. The number of nitrogens with zero attached hydrogens (tertiary/aromatic N) is 1. The molecule has 0 saturated carbocycles. The number of hydrogen-bond acceptors (Lipinski definition) is 4. The molecule has 1 unspecified atom stereocenters. The highest BCUT2D eigenvalue weighted by molar-refractivity contribution is 5.38. The summed E-state index contributed by atoms with van der Waals surface area (Å²) >= 11 is 0. The number of benzene rings is 1. The lowest BCUT2D eigenvalue weighted by Crippen LogP contribution is -2.32. The van der Waals surface area contributed by atoms with Crippen LogP contribution in [0.4, 0.5) is 0 Å². The third-order valence-corrected chi connectivity index (χ3v) is 3.53. The largest absolute Gasteiger partial charge is 0.492 e. The minimum Gasteiger partial charge on any atom is -0.492 e. The molecule has 0 radical (unpaired) electrons. The molecule has 1 atom stereocenters. The van der Waals surface area contributed by atoms with E-state index in [1.165, 1.54) is 0 Å². The van der Waals surface area contributed by atoms with Crippen LogP contribution in [0.25, 0.3) is 0 Å². The zero-order valence-electron chi connectivity index (χ0n) is 12.5. The Morgan fingerprint density at radius 3 is 2.71 bits per heavy atom. The van der Waals surface area contributed by atoms with E-state index in [4.69, 9.17) is 9.84 Å². The molecule has 4 heteroatoms. The number of β-amino-alcohol motifs (C(OH)–C–C–N with tert-alkyl or cyclic N) is 1. The lowest BCUT2D eigenvalue weighted by molar-refractivity contribution is 0.0670. The van der Waals surface area contributed by atoms with E-state index in [9.17, 15) is 5.11 Å². The monoisotopic (exact) mass is 289 g/mol. The van der Waals surface area contributed by atoms with Crippen LogP contribution in [0.15, 0.2) is 24.3 Å². The van der Waals surface area contributed by atoms with Gasteiger partial charge in [0.25, 0.3) is 0 Å². The van der Waals surface area contributed by atoms with E-state index in [-0.39, 0.29) is 6.61 Å². The van der Waals surface area contributed by atoms with Gasteiger partial charge in [-0.3, -0.25) is 4.90 Å². The van der Waals surface area contributed by atoms with Crippen molar-refractivity contribution in [1.82, 2.24) is 4.90 Å². The van der Waals surface area contributed by atoms with Gasteiger partial charge in [0.1, 0.15) is 12.4 Å². The average molecular weight is 289 g/mol. The molecule has 2 N–H and O–H groups in total. The maximum Gasteiger partial charge on any atom is 0.119 e. The van der Waals surface area contributed by atoms with Crippen molar-refractivity contribution in [1.29, 1.82) is 0 Å². The van der Waals surface area contributed by atoms with Crippen LogP contribution in [0, 0.1) is 11.8 Å². The van der Waals surface area contributed by atoms with Crippen molar-refractivity contribution >= 4 is 0 Å². The summed E-state index contributed by atoms with van der Waals surface area (Å²) in [5.41, 5.74) is 0.376. The molecule has 0 amide bonds. The van der Waals surface area contributed by atoms with E-state index < -0.39 is 5.60 Å². The fourth-order valence-corrected chi connectivity index (χ4v) is 2.38. The summed E-state index contributed by atoms with van der Waals surface area (Å²) in [4.78, 5) is 2.22. The first-order valence-corrected chi connectivity index (χ1v) is 7.36. The van der Waals surface area contributed by atoms with Crippen LogP contribution in [0.1, 0.15) is 25.3 Å². The lowest BCUT2D eigenvalue weighted by Gasteiger charge is -2.18. The molecule has 0 aliphatic carbocycles. The highest BCUT2D eigenvalue weighted by Crippen LogP contribution is 2.19. The van der Waals surface area contributed by atoms with E-state index >= 15 is 0 Å². The van der Waals surface area contributed by atoms with Gasteiger partial charge in [-0.1, -0.05) is 11.8 Å². The quantitative estimate of drug-likeness (QED) is 0.801. The number of likely N-dealkylation sites (tertiary alicyclic amines) is 1. The first kappa shape index (κ1) is 15.8. The topological polar surface area (TPSA) is 52.9 Å². The summed E-state index contributed by atoms with van der Waals surface area (Å²) in [6.07, 6.45) is 1.33. The molecule has 1 aliphatic rings. The molecular formula is C17H23NO3. The molecule has 1 aromatic rings. The van der Waals surface area contributed by atoms with E-state index in [2.05, 4.69) is 16.7 Å². The van der Waals surface area contributed by atoms with Crippen molar-refractivity contribution in [3.8, 4) is 17.6 Å². The molecular weight excluding hydrogens is 266 g/mol. The standard InChI is InChI=1S/C17H23NO3/c1-17(20)9-10-18(14-17)11-13-21-16-7-5-15(6-8-16)4-2-3-12-19/h5-8,19-20H,3,9-14H2,1H3. The number of ether oxygens (including phenoxy) is 1. The number of rotatable bonds is 5. The Hall–Kier alpha value is -1.54. The predicted molar refractivity (Wildman–Crippen MR) is 82.2 cm³/mol. The smallest absolute Gasteiger partial charge is 0.119 e. The van der Waals surface area contributed by atoms with Gasteiger partial charge in [0, 0.05) is 31.6 Å². The van der Waals surface area contributed by atoms with Gasteiger partial charge in [-0.05, 0) is 37.6 Å².